The van der Waals surface area contributed by atoms with Gasteiger partial charge in [-0.15, -0.1) is 0 Å². The van der Waals surface area contributed by atoms with Gasteiger partial charge in [-0.05, 0) is 57.9 Å². The van der Waals surface area contributed by atoms with Crippen molar-refractivity contribution < 1.29 is 18.7 Å². The lowest BCUT2D eigenvalue weighted by molar-refractivity contribution is 0.0748. The lowest BCUT2D eigenvalue weighted by atomic mass is 9.85. The summed E-state index contributed by atoms with van der Waals surface area (Å²) in [4.78, 5) is 17.5. The zero-order valence-corrected chi connectivity index (χ0v) is 20.3. The highest BCUT2D eigenvalue weighted by atomic mass is 19.3. The Balaban J connectivity index is 1.51. The summed E-state index contributed by atoms with van der Waals surface area (Å²) in [5, 5.41) is 23.9. The second kappa shape index (κ2) is 10.3. The SMILES string of the molecule is CC[C@H]1CC[C@H](n2cc(NC(=O)c3cnn4ccc(NCCC(C)(C)O)nc34)c(C(F)F)n2)CC1. The maximum Gasteiger partial charge on any atom is 0.284 e. The van der Waals surface area contributed by atoms with Crippen LogP contribution < -0.4 is 10.6 Å². The maximum absolute atomic E-state index is 13.7. The van der Waals surface area contributed by atoms with Gasteiger partial charge in [-0.25, -0.2) is 18.3 Å². The molecule has 0 saturated heterocycles. The topological polar surface area (TPSA) is 109 Å². The Hall–Kier alpha value is -3.08. The minimum atomic E-state index is -2.81. The first kappa shape index (κ1) is 25.0. The first-order valence-corrected chi connectivity index (χ1v) is 12.1. The molecule has 1 fully saturated rings. The number of carbonyl (C=O) groups is 1. The van der Waals surface area contributed by atoms with Crippen LogP contribution in [0.2, 0.25) is 0 Å². The number of rotatable bonds is 9. The number of nitrogens with one attached hydrogen (secondary N) is 2. The van der Waals surface area contributed by atoms with E-state index in [0.717, 1.165) is 32.1 Å². The molecule has 1 aliphatic rings. The van der Waals surface area contributed by atoms with Crippen LogP contribution in [0.1, 0.15) is 87.8 Å². The third-order valence-electron chi connectivity index (χ3n) is 6.64. The van der Waals surface area contributed by atoms with E-state index in [1.165, 1.54) is 16.9 Å². The molecule has 3 N–H and O–H groups in total. The maximum atomic E-state index is 13.7. The number of halogens is 2. The molecule has 4 rings (SSSR count). The first-order valence-electron chi connectivity index (χ1n) is 12.1. The molecule has 1 aliphatic carbocycles. The third-order valence-corrected chi connectivity index (χ3v) is 6.64. The van der Waals surface area contributed by atoms with Gasteiger partial charge in [0.1, 0.15) is 11.4 Å². The molecule has 0 bridgehead atoms. The van der Waals surface area contributed by atoms with Crippen molar-refractivity contribution in [3.8, 4) is 0 Å². The lowest BCUT2D eigenvalue weighted by Gasteiger charge is -2.27. The van der Waals surface area contributed by atoms with E-state index in [9.17, 15) is 18.7 Å². The predicted molar refractivity (Wildman–Crippen MR) is 129 cm³/mol. The Morgan fingerprint density at radius 3 is 2.69 bits per heavy atom. The Kier molecular flexibility index (Phi) is 7.34. The molecule has 0 unspecified atom stereocenters. The molecule has 9 nitrogen and oxygen atoms in total. The van der Waals surface area contributed by atoms with Crippen molar-refractivity contribution in [1.29, 1.82) is 0 Å². The molecular weight excluding hydrogens is 456 g/mol. The quantitative estimate of drug-likeness (QED) is 0.397. The largest absolute Gasteiger partial charge is 0.390 e. The van der Waals surface area contributed by atoms with Crippen molar-refractivity contribution in [2.75, 3.05) is 17.2 Å². The highest BCUT2D eigenvalue weighted by Gasteiger charge is 2.27. The van der Waals surface area contributed by atoms with E-state index < -0.39 is 23.6 Å². The Bertz CT molecular complexity index is 1160. The standard InChI is InChI=1S/C24H33F2N7O2/c1-4-15-5-7-16(8-6-15)33-14-18(20(31-33)21(25)26)29-23(34)17-13-28-32-12-9-19(30-22(17)32)27-11-10-24(2,3)35/h9,12-16,21,35H,4-8,10-11H2,1-3H3,(H,27,30)(H,29,34)/t15-,16-. The average Bonchev–Trinajstić information content (AvgIpc) is 3.42. The number of aliphatic hydroxyl groups is 1. The van der Waals surface area contributed by atoms with Crippen molar-refractivity contribution in [2.45, 2.75) is 77.4 Å². The Morgan fingerprint density at radius 1 is 1.29 bits per heavy atom. The second-order valence-electron chi connectivity index (χ2n) is 9.87. The van der Waals surface area contributed by atoms with Gasteiger partial charge in [-0.2, -0.15) is 10.2 Å². The summed E-state index contributed by atoms with van der Waals surface area (Å²) < 4.78 is 30.5. The number of alkyl halides is 2. The molecule has 1 saturated carbocycles. The summed E-state index contributed by atoms with van der Waals surface area (Å²) in [5.74, 6) is 0.602. The summed E-state index contributed by atoms with van der Waals surface area (Å²) in [6.45, 7) is 6.10. The third kappa shape index (κ3) is 5.95. The first-order chi connectivity index (χ1) is 16.6. The van der Waals surface area contributed by atoms with Crippen LogP contribution in [0.5, 0.6) is 0 Å². The number of fused-ring (bicyclic) bond motifs is 1. The van der Waals surface area contributed by atoms with E-state index in [1.807, 2.05) is 0 Å². The summed E-state index contributed by atoms with van der Waals surface area (Å²) in [7, 11) is 0. The van der Waals surface area contributed by atoms with E-state index in [2.05, 4.69) is 32.7 Å². The molecule has 35 heavy (non-hydrogen) atoms. The molecule has 3 heterocycles. The van der Waals surface area contributed by atoms with Crippen LogP contribution >= 0.6 is 0 Å². The highest BCUT2D eigenvalue weighted by molar-refractivity contribution is 6.08. The van der Waals surface area contributed by atoms with Crippen molar-refractivity contribution >= 4 is 23.1 Å². The van der Waals surface area contributed by atoms with Gasteiger partial charge in [0.25, 0.3) is 12.3 Å². The molecular formula is C24H33F2N7O2. The van der Waals surface area contributed by atoms with Gasteiger partial charge in [-0.1, -0.05) is 13.3 Å². The van der Waals surface area contributed by atoms with Crippen molar-refractivity contribution in [3.63, 3.8) is 0 Å². The van der Waals surface area contributed by atoms with Crippen LogP contribution in [-0.4, -0.2) is 47.5 Å². The van der Waals surface area contributed by atoms with Crippen molar-refractivity contribution in [3.05, 3.63) is 35.9 Å². The summed E-state index contributed by atoms with van der Waals surface area (Å²) >= 11 is 0. The number of anilines is 2. The molecule has 0 aromatic carbocycles. The zero-order chi connectivity index (χ0) is 25.2. The Labute approximate surface area is 202 Å². The number of carbonyl (C=O) groups excluding carboxylic acids is 1. The van der Waals surface area contributed by atoms with Gasteiger partial charge in [-0.3, -0.25) is 9.48 Å². The fourth-order valence-electron chi connectivity index (χ4n) is 4.48. The molecule has 1 amide bonds. The normalized spacial score (nSPS) is 18.8. The van der Waals surface area contributed by atoms with Gasteiger partial charge in [0, 0.05) is 18.9 Å². The van der Waals surface area contributed by atoms with Gasteiger partial charge in [0.2, 0.25) is 0 Å². The smallest absolute Gasteiger partial charge is 0.284 e. The molecule has 0 spiro atoms. The monoisotopic (exact) mass is 489 g/mol. The van der Waals surface area contributed by atoms with Crippen LogP contribution in [0.3, 0.4) is 0 Å². The van der Waals surface area contributed by atoms with E-state index >= 15 is 0 Å². The second-order valence-corrected chi connectivity index (χ2v) is 9.87. The summed E-state index contributed by atoms with van der Waals surface area (Å²) in [6, 6.07) is 1.76. The summed E-state index contributed by atoms with van der Waals surface area (Å²) in [6.07, 6.45) is 7.21. The van der Waals surface area contributed by atoms with Gasteiger partial charge >= 0.3 is 0 Å². The number of amides is 1. The van der Waals surface area contributed by atoms with Crippen LogP contribution in [0.15, 0.2) is 24.7 Å². The molecule has 11 heteroatoms. The van der Waals surface area contributed by atoms with Crippen molar-refractivity contribution in [2.24, 2.45) is 5.92 Å². The fourth-order valence-corrected chi connectivity index (χ4v) is 4.48. The number of nitrogens with zero attached hydrogens (tertiary/aromatic N) is 5. The molecule has 3 aromatic rings. The fraction of sp³-hybridized carbons (Fsp3) is 0.583. The summed E-state index contributed by atoms with van der Waals surface area (Å²) in [5.41, 5.74) is -0.802. The van der Waals surface area contributed by atoms with E-state index in [0.29, 0.717) is 30.3 Å². The molecule has 0 aliphatic heterocycles. The molecule has 190 valence electrons. The zero-order valence-electron chi connectivity index (χ0n) is 20.3. The van der Waals surface area contributed by atoms with Gasteiger partial charge < -0.3 is 15.7 Å². The van der Waals surface area contributed by atoms with E-state index in [4.69, 9.17) is 0 Å². The minimum absolute atomic E-state index is 0.00132. The van der Waals surface area contributed by atoms with Crippen LogP contribution in [-0.2, 0) is 0 Å². The van der Waals surface area contributed by atoms with E-state index in [-0.39, 0.29) is 17.3 Å². The van der Waals surface area contributed by atoms with Crippen LogP contribution in [0.25, 0.3) is 5.65 Å². The van der Waals surface area contributed by atoms with E-state index in [1.54, 1.807) is 30.8 Å². The number of hydrogen-bond acceptors (Lipinski definition) is 6. The number of aromatic nitrogens is 5. The predicted octanol–water partition coefficient (Wildman–Crippen LogP) is 4.83. The Morgan fingerprint density at radius 2 is 2.03 bits per heavy atom. The van der Waals surface area contributed by atoms with Crippen molar-refractivity contribution in [1.82, 2.24) is 24.4 Å². The minimum Gasteiger partial charge on any atom is -0.390 e. The average molecular weight is 490 g/mol. The highest BCUT2D eigenvalue weighted by Crippen LogP contribution is 2.35. The lowest BCUT2D eigenvalue weighted by Crippen LogP contribution is -2.23. The van der Waals surface area contributed by atoms with Crippen LogP contribution in [0.4, 0.5) is 20.3 Å². The van der Waals surface area contributed by atoms with Gasteiger partial charge in [0.15, 0.2) is 11.3 Å². The van der Waals surface area contributed by atoms with Gasteiger partial charge in [0.05, 0.1) is 23.5 Å². The molecule has 3 aromatic heterocycles. The molecule has 0 radical (unpaired) electrons. The molecule has 0 atom stereocenters. The number of hydrogen-bond donors (Lipinski definition) is 3. The van der Waals surface area contributed by atoms with Crippen LogP contribution in [0, 0.1) is 5.92 Å².